The molecule has 4 rings (SSSR count). The van der Waals surface area contributed by atoms with Crippen LogP contribution in [-0.4, -0.2) is 30.9 Å². The van der Waals surface area contributed by atoms with Gasteiger partial charge in [-0.25, -0.2) is 18.7 Å². The predicted molar refractivity (Wildman–Crippen MR) is 93.8 cm³/mol. The number of nitrogens with zero attached hydrogens (tertiary/aromatic N) is 3. The van der Waals surface area contributed by atoms with E-state index in [-0.39, 0.29) is 22.6 Å². The fourth-order valence-electron chi connectivity index (χ4n) is 3.00. The number of aromatic nitrogens is 4. The Hall–Kier alpha value is -2.75. The van der Waals surface area contributed by atoms with Gasteiger partial charge in [-0.05, 0) is 46.8 Å². The Bertz CT molecular complexity index is 1060. The van der Waals surface area contributed by atoms with Crippen LogP contribution in [0.25, 0.3) is 16.7 Å². The van der Waals surface area contributed by atoms with Crippen LogP contribution in [0.15, 0.2) is 33.7 Å². The molecule has 1 atom stereocenters. The number of aromatic amines is 1. The van der Waals surface area contributed by atoms with Crippen molar-refractivity contribution in [3.05, 3.63) is 50.9 Å². The minimum Gasteiger partial charge on any atom is -0.465 e. The van der Waals surface area contributed by atoms with Crippen LogP contribution in [0.3, 0.4) is 0 Å². The molecule has 2 aromatic heterocycles. The molecule has 0 radical (unpaired) electrons. The molecule has 0 aliphatic heterocycles. The molecule has 1 unspecified atom stereocenters. The van der Waals surface area contributed by atoms with Crippen LogP contribution >= 0.6 is 15.9 Å². The average Bonchev–Trinajstić information content (AvgIpc) is 3.28. The number of rotatable bonds is 4. The van der Waals surface area contributed by atoms with Gasteiger partial charge in [0, 0.05) is 10.5 Å². The summed E-state index contributed by atoms with van der Waals surface area (Å²) in [5, 5.41) is 18.3. The number of hydrogen-bond donors (Lipinski definition) is 3. The minimum atomic E-state index is -1.20. The lowest BCUT2D eigenvalue weighted by Gasteiger charge is -2.20. The molecule has 1 aliphatic rings. The number of carbonyl (C=O) groups is 1. The van der Waals surface area contributed by atoms with Gasteiger partial charge in [0.15, 0.2) is 0 Å². The van der Waals surface area contributed by atoms with Crippen molar-refractivity contribution in [3.8, 4) is 5.82 Å². The second-order valence-corrected chi connectivity index (χ2v) is 6.96. The summed E-state index contributed by atoms with van der Waals surface area (Å²) >= 11 is 3.23. The van der Waals surface area contributed by atoms with Gasteiger partial charge < -0.3 is 10.4 Å². The van der Waals surface area contributed by atoms with E-state index in [2.05, 4.69) is 36.4 Å². The average molecular weight is 422 g/mol. The zero-order valence-electron chi connectivity index (χ0n) is 13.2. The summed E-state index contributed by atoms with van der Waals surface area (Å²) in [6.07, 6.45) is 1.91. The molecule has 1 aromatic carbocycles. The molecule has 134 valence electrons. The highest BCUT2D eigenvalue weighted by atomic mass is 79.9. The van der Waals surface area contributed by atoms with Crippen molar-refractivity contribution < 1.29 is 14.3 Å². The maximum atomic E-state index is 13.8. The number of H-pyrrole nitrogens is 1. The Morgan fingerprint density at radius 3 is 2.85 bits per heavy atom. The van der Waals surface area contributed by atoms with E-state index in [0.717, 1.165) is 18.9 Å². The lowest BCUT2D eigenvalue weighted by atomic mass is 10.1. The zero-order chi connectivity index (χ0) is 18.4. The maximum absolute atomic E-state index is 13.8. The van der Waals surface area contributed by atoms with E-state index in [1.54, 1.807) is 6.07 Å². The second kappa shape index (κ2) is 6.20. The van der Waals surface area contributed by atoms with Crippen LogP contribution in [0.1, 0.15) is 24.7 Å². The molecule has 0 bridgehead atoms. The fraction of sp³-hybridized carbons (Fsp3) is 0.250. The Balaban J connectivity index is 2.05. The third-order valence-electron chi connectivity index (χ3n) is 4.29. The van der Waals surface area contributed by atoms with Crippen molar-refractivity contribution in [2.24, 2.45) is 5.92 Å². The van der Waals surface area contributed by atoms with Gasteiger partial charge in [0.2, 0.25) is 0 Å². The summed E-state index contributed by atoms with van der Waals surface area (Å²) in [5.41, 5.74) is -0.229. The van der Waals surface area contributed by atoms with Gasteiger partial charge in [-0.3, -0.25) is 9.89 Å². The molecule has 0 saturated heterocycles. The molecule has 8 nitrogen and oxygen atoms in total. The quantitative estimate of drug-likeness (QED) is 0.599. The van der Waals surface area contributed by atoms with E-state index in [4.69, 9.17) is 0 Å². The SMILES string of the molecule is O=C(O)NC(c1nc2c(Br)cc(F)cc2c(=O)n1-c1ccn[nH]1)C1CC1. The summed E-state index contributed by atoms with van der Waals surface area (Å²) in [4.78, 5) is 28.9. The zero-order valence-corrected chi connectivity index (χ0v) is 14.8. The fourth-order valence-corrected chi connectivity index (χ4v) is 3.52. The van der Waals surface area contributed by atoms with Gasteiger partial charge >= 0.3 is 6.09 Å². The van der Waals surface area contributed by atoms with E-state index < -0.39 is 23.5 Å². The summed E-state index contributed by atoms with van der Waals surface area (Å²) in [6, 6.07) is 3.24. The first-order chi connectivity index (χ1) is 12.5. The molecular formula is C16H13BrFN5O3. The molecule has 1 amide bonds. The van der Waals surface area contributed by atoms with Crippen LogP contribution in [0.2, 0.25) is 0 Å². The Labute approximate surface area is 154 Å². The molecule has 3 aromatic rings. The van der Waals surface area contributed by atoms with Crippen molar-refractivity contribution in [1.29, 1.82) is 0 Å². The highest BCUT2D eigenvalue weighted by Gasteiger charge is 2.37. The summed E-state index contributed by atoms with van der Waals surface area (Å²) in [6.45, 7) is 0. The third kappa shape index (κ3) is 2.85. The monoisotopic (exact) mass is 421 g/mol. The van der Waals surface area contributed by atoms with E-state index in [1.807, 2.05) is 0 Å². The summed E-state index contributed by atoms with van der Waals surface area (Å²) < 4.78 is 15.4. The number of halogens is 2. The first-order valence-corrected chi connectivity index (χ1v) is 8.66. The number of hydrogen-bond acceptors (Lipinski definition) is 4. The highest BCUT2D eigenvalue weighted by molar-refractivity contribution is 9.10. The summed E-state index contributed by atoms with van der Waals surface area (Å²) in [5.74, 6) is 0.0417. The van der Waals surface area contributed by atoms with Crippen LogP contribution < -0.4 is 10.9 Å². The maximum Gasteiger partial charge on any atom is 0.405 e. The highest BCUT2D eigenvalue weighted by Crippen LogP contribution is 2.41. The Morgan fingerprint density at radius 2 is 2.23 bits per heavy atom. The van der Waals surface area contributed by atoms with E-state index in [9.17, 15) is 19.1 Å². The van der Waals surface area contributed by atoms with Crippen molar-refractivity contribution in [3.63, 3.8) is 0 Å². The van der Waals surface area contributed by atoms with Crippen LogP contribution in [0.5, 0.6) is 0 Å². The normalized spacial score (nSPS) is 15.2. The number of benzene rings is 1. The predicted octanol–water partition coefficient (Wildman–Crippen LogP) is 2.73. The second-order valence-electron chi connectivity index (χ2n) is 6.10. The van der Waals surface area contributed by atoms with E-state index >= 15 is 0 Å². The lowest BCUT2D eigenvalue weighted by molar-refractivity contribution is 0.187. The van der Waals surface area contributed by atoms with Crippen LogP contribution in [-0.2, 0) is 0 Å². The molecule has 1 aliphatic carbocycles. The molecule has 10 heteroatoms. The van der Waals surface area contributed by atoms with Gasteiger partial charge in [0.05, 0.1) is 23.1 Å². The van der Waals surface area contributed by atoms with Crippen molar-refractivity contribution >= 4 is 32.9 Å². The number of nitrogens with one attached hydrogen (secondary N) is 2. The largest absolute Gasteiger partial charge is 0.465 e. The molecule has 2 heterocycles. The van der Waals surface area contributed by atoms with Gasteiger partial charge in [-0.2, -0.15) is 5.10 Å². The molecular weight excluding hydrogens is 409 g/mol. The Kier molecular flexibility index (Phi) is 3.98. The van der Waals surface area contributed by atoms with Crippen LogP contribution in [0.4, 0.5) is 9.18 Å². The molecule has 1 fully saturated rings. The lowest BCUT2D eigenvalue weighted by Crippen LogP contribution is -2.35. The van der Waals surface area contributed by atoms with E-state index in [1.165, 1.54) is 16.8 Å². The van der Waals surface area contributed by atoms with Gasteiger partial charge in [0.1, 0.15) is 17.5 Å². The third-order valence-corrected chi connectivity index (χ3v) is 4.90. The van der Waals surface area contributed by atoms with Crippen molar-refractivity contribution in [2.75, 3.05) is 0 Å². The molecule has 26 heavy (non-hydrogen) atoms. The van der Waals surface area contributed by atoms with Gasteiger partial charge in [-0.15, -0.1) is 0 Å². The topological polar surface area (TPSA) is 113 Å². The standard InChI is InChI=1S/C16H13BrFN5O3/c17-10-6-8(18)5-9-13(10)20-14(12(7-1-2-7)21-16(25)26)23(15(9)24)11-3-4-19-22-11/h3-7,12,21H,1-2H2,(H,19,22)(H,25,26). The van der Waals surface area contributed by atoms with E-state index in [0.29, 0.717) is 10.3 Å². The first-order valence-electron chi connectivity index (χ1n) is 7.86. The van der Waals surface area contributed by atoms with Crippen molar-refractivity contribution in [2.45, 2.75) is 18.9 Å². The number of carboxylic acid groups (broad SMARTS) is 1. The number of fused-ring (bicyclic) bond motifs is 1. The minimum absolute atomic E-state index is 0.0452. The first kappa shape index (κ1) is 16.7. The molecule has 0 spiro atoms. The van der Waals surface area contributed by atoms with Crippen molar-refractivity contribution in [1.82, 2.24) is 25.1 Å². The number of amides is 1. The molecule has 3 N–H and O–H groups in total. The molecule has 1 saturated carbocycles. The summed E-state index contributed by atoms with van der Waals surface area (Å²) in [7, 11) is 0. The Morgan fingerprint density at radius 1 is 1.46 bits per heavy atom. The van der Waals surface area contributed by atoms with Gasteiger partial charge in [0.25, 0.3) is 5.56 Å². The van der Waals surface area contributed by atoms with Gasteiger partial charge in [-0.1, -0.05) is 0 Å². The van der Waals surface area contributed by atoms with Crippen LogP contribution in [0, 0.1) is 11.7 Å². The smallest absolute Gasteiger partial charge is 0.405 e.